The van der Waals surface area contributed by atoms with E-state index in [0.29, 0.717) is 19.6 Å². The molecule has 0 spiro atoms. The zero-order valence-electron chi connectivity index (χ0n) is 22.4. The number of aliphatic hydroxyl groups is 1. The number of cyclic esters (lactones) is 1. The fourth-order valence-electron chi connectivity index (χ4n) is 3.79. The molecule has 5 atom stereocenters. The number of aliphatic hydroxyl groups excluding tert-OH is 1. The van der Waals surface area contributed by atoms with Crippen LogP contribution in [-0.2, 0) is 25.3 Å². The summed E-state index contributed by atoms with van der Waals surface area (Å²) < 4.78 is 23.6. The minimum Gasteiger partial charge on any atom is -0.497 e. The molecule has 34 heavy (non-hydrogen) atoms. The van der Waals surface area contributed by atoms with Gasteiger partial charge in [-0.05, 0) is 62.2 Å². The van der Waals surface area contributed by atoms with E-state index in [0.717, 1.165) is 16.9 Å². The largest absolute Gasteiger partial charge is 0.497 e. The molecular formula is C27H44O6Si. The lowest BCUT2D eigenvalue weighted by Crippen LogP contribution is -2.46. The standard InChI is InChI=1S/C27H44O6Si/c1-18(15-24-19(2)25(28)20(3)26(29)32-24)14-23(33-34(8,9)27(4,5)6)17-31-16-21-10-12-22(30-7)13-11-21/h10-13,15,19-20,23-25,28H,14,16-17H2,1-9H3/b18-15+/t19-,20+,23+,24-,25+/m1/s1. The van der Waals surface area contributed by atoms with E-state index in [4.69, 9.17) is 18.6 Å². The molecule has 0 saturated carbocycles. The number of hydrogen-bond donors (Lipinski definition) is 1. The predicted molar refractivity (Wildman–Crippen MR) is 137 cm³/mol. The lowest BCUT2D eigenvalue weighted by Gasteiger charge is -2.39. The number of benzene rings is 1. The summed E-state index contributed by atoms with van der Waals surface area (Å²) in [5, 5.41) is 10.5. The van der Waals surface area contributed by atoms with Gasteiger partial charge in [0.1, 0.15) is 11.9 Å². The number of methoxy groups -OCH3 is 1. The van der Waals surface area contributed by atoms with Crippen molar-refractivity contribution in [1.82, 2.24) is 0 Å². The molecule has 0 amide bonds. The quantitative estimate of drug-likeness (QED) is 0.264. The van der Waals surface area contributed by atoms with Gasteiger partial charge >= 0.3 is 5.97 Å². The smallest absolute Gasteiger partial charge is 0.311 e. The summed E-state index contributed by atoms with van der Waals surface area (Å²) in [5.74, 6) is -0.188. The predicted octanol–water partition coefficient (Wildman–Crippen LogP) is 5.50. The highest BCUT2D eigenvalue weighted by atomic mass is 28.4. The molecule has 2 rings (SSSR count). The lowest BCUT2D eigenvalue weighted by molar-refractivity contribution is -0.172. The Morgan fingerprint density at radius 2 is 1.82 bits per heavy atom. The topological polar surface area (TPSA) is 74.2 Å². The Morgan fingerprint density at radius 1 is 1.21 bits per heavy atom. The van der Waals surface area contributed by atoms with Crippen LogP contribution >= 0.6 is 0 Å². The summed E-state index contributed by atoms with van der Waals surface area (Å²) in [6, 6.07) is 7.85. The van der Waals surface area contributed by atoms with Gasteiger partial charge in [-0.2, -0.15) is 0 Å². The summed E-state index contributed by atoms with van der Waals surface area (Å²) in [6.07, 6.45) is 1.37. The van der Waals surface area contributed by atoms with E-state index in [2.05, 4.69) is 33.9 Å². The average Bonchev–Trinajstić information content (AvgIpc) is 2.75. The van der Waals surface area contributed by atoms with Crippen molar-refractivity contribution in [2.24, 2.45) is 11.8 Å². The summed E-state index contributed by atoms with van der Waals surface area (Å²) in [6.45, 7) is 17.8. The number of esters is 1. The van der Waals surface area contributed by atoms with Crippen molar-refractivity contribution in [1.29, 1.82) is 0 Å². The minimum absolute atomic E-state index is 0.0759. The third-order valence-corrected chi connectivity index (χ3v) is 11.7. The van der Waals surface area contributed by atoms with Gasteiger partial charge in [-0.15, -0.1) is 0 Å². The molecule has 1 N–H and O–H groups in total. The fourth-order valence-corrected chi connectivity index (χ4v) is 5.13. The second-order valence-electron chi connectivity index (χ2n) is 11.1. The van der Waals surface area contributed by atoms with Crippen LogP contribution in [0.5, 0.6) is 5.75 Å². The molecule has 192 valence electrons. The van der Waals surface area contributed by atoms with Gasteiger partial charge < -0.3 is 23.7 Å². The Hall–Kier alpha value is -1.67. The molecule has 1 saturated heterocycles. The van der Waals surface area contributed by atoms with Crippen LogP contribution in [0.25, 0.3) is 0 Å². The first-order valence-electron chi connectivity index (χ1n) is 12.2. The number of hydrogen-bond acceptors (Lipinski definition) is 6. The van der Waals surface area contributed by atoms with Gasteiger partial charge in [0.05, 0.1) is 38.4 Å². The van der Waals surface area contributed by atoms with Gasteiger partial charge in [0.15, 0.2) is 8.32 Å². The van der Waals surface area contributed by atoms with Crippen molar-refractivity contribution in [2.75, 3.05) is 13.7 Å². The van der Waals surface area contributed by atoms with Gasteiger partial charge in [0.2, 0.25) is 0 Å². The molecule has 1 aliphatic heterocycles. The van der Waals surface area contributed by atoms with E-state index >= 15 is 0 Å². The van der Waals surface area contributed by atoms with E-state index in [1.54, 1.807) is 14.0 Å². The first-order valence-corrected chi connectivity index (χ1v) is 15.1. The molecule has 1 fully saturated rings. The summed E-state index contributed by atoms with van der Waals surface area (Å²) in [4.78, 5) is 12.1. The van der Waals surface area contributed by atoms with Crippen LogP contribution in [0.15, 0.2) is 35.9 Å². The molecular weight excluding hydrogens is 448 g/mol. The second-order valence-corrected chi connectivity index (χ2v) is 15.9. The zero-order valence-corrected chi connectivity index (χ0v) is 23.4. The monoisotopic (exact) mass is 492 g/mol. The first-order chi connectivity index (χ1) is 15.7. The van der Waals surface area contributed by atoms with Crippen LogP contribution < -0.4 is 4.74 Å². The molecule has 1 aliphatic rings. The van der Waals surface area contributed by atoms with Gasteiger partial charge in [-0.25, -0.2) is 0 Å². The third kappa shape index (κ3) is 7.67. The highest BCUT2D eigenvalue weighted by molar-refractivity contribution is 6.74. The Balaban J connectivity index is 2.09. The van der Waals surface area contributed by atoms with Crippen LogP contribution in [0.3, 0.4) is 0 Å². The molecule has 0 unspecified atom stereocenters. The number of carbonyl (C=O) groups is 1. The van der Waals surface area contributed by atoms with Crippen molar-refractivity contribution in [3.05, 3.63) is 41.5 Å². The van der Waals surface area contributed by atoms with Crippen LogP contribution in [0.2, 0.25) is 18.1 Å². The molecule has 0 radical (unpaired) electrons. The Kier molecular flexibility index (Phi) is 9.95. The molecule has 0 aliphatic carbocycles. The van der Waals surface area contributed by atoms with Gasteiger partial charge in [-0.3, -0.25) is 4.79 Å². The molecule has 1 aromatic rings. The normalized spacial score (nSPS) is 25.1. The van der Waals surface area contributed by atoms with Crippen LogP contribution in [0.4, 0.5) is 0 Å². The van der Waals surface area contributed by atoms with Crippen LogP contribution in [0.1, 0.15) is 53.5 Å². The van der Waals surface area contributed by atoms with Gasteiger partial charge in [0, 0.05) is 5.92 Å². The van der Waals surface area contributed by atoms with Crippen molar-refractivity contribution < 1.29 is 28.5 Å². The molecule has 1 aromatic carbocycles. The van der Waals surface area contributed by atoms with Crippen LogP contribution in [0, 0.1) is 11.8 Å². The highest BCUT2D eigenvalue weighted by Gasteiger charge is 2.41. The van der Waals surface area contributed by atoms with Crippen LogP contribution in [-0.4, -0.2) is 51.4 Å². The highest BCUT2D eigenvalue weighted by Crippen LogP contribution is 2.38. The van der Waals surface area contributed by atoms with E-state index in [9.17, 15) is 9.90 Å². The van der Waals surface area contributed by atoms with E-state index in [1.165, 1.54) is 0 Å². The molecule has 6 nitrogen and oxygen atoms in total. The SMILES string of the molecule is COc1ccc(COC[C@H](C/C(C)=C/[C@H]2OC(=O)[C@@H](C)[C@@H](O)[C@@H]2C)O[Si](C)(C)C(C)(C)C)cc1. The number of carbonyl (C=O) groups excluding carboxylic acids is 1. The van der Waals surface area contributed by atoms with Crippen molar-refractivity contribution in [2.45, 2.75) is 91.0 Å². The van der Waals surface area contributed by atoms with Gasteiger partial charge in [-0.1, -0.05) is 45.4 Å². The Labute approximate surface area is 206 Å². The minimum atomic E-state index is -2.02. The Morgan fingerprint density at radius 3 is 2.38 bits per heavy atom. The summed E-state index contributed by atoms with van der Waals surface area (Å²) in [7, 11) is -0.369. The third-order valence-electron chi connectivity index (χ3n) is 7.19. The maximum Gasteiger partial charge on any atom is 0.311 e. The average molecular weight is 493 g/mol. The maximum atomic E-state index is 12.1. The molecule has 1 heterocycles. The molecule has 7 heteroatoms. The summed E-state index contributed by atoms with van der Waals surface area (Å²) >= 11 is 0. The number of rotatable bonds is 10. The lowest BCUT2D eigenvalue weighted by atomic mass is 9.85. The van der Waals surface area contributed by atoms with E-state index < -0.39 is 26.4 Å². The maximum absolute atomic E-state index is 12.1. The second kappa shape index (κ2) is 11.8. The Bertz CT molecular complexity index is 827. The molecule has 0 aromatic heterocycles. The van der Waals surface area contributed by atoms with Gasteiger partial charge in [0.25, 0.3) is 0 Å². The van der Waals surface area contributed by atoms with Crippen molar-refractivity contribution >= 4 is 14.3 Å². The zero-order chi connectivity index (χ0) is 25.7. The van der Waals surface area contributed by atoms with E-state index in [1.807, 2.05) is 44.2 Å². The molecule has 0 bridgehead atoms. The van der Waals surface area contributed by atoms with Crippen molar-refractivity contribution in [3.63, 3.8) is 0 Å². The van der Waals surface area contributed by atoms with Crippen molar-refractivity contribution in [3.8, 4) is 5.75 Å². The number of ether oxygens (including phenoxy) is 3. The summed E-state index contributed by atoms with van der Waals surface area (Å²) in [5.41, 5.74) is 2.13. The first kappa shape index (κ1) is 28.6. The fraction of sp³-hybridized carbons (Fsp3) is 0.667. The van der Waals surface area contributed by atoms with E-state index in [-0.39, 0.29) is 23.0 Å².